The van der Waals surface area contributed by atoms with Gasteiger partial charge in [0.05, 0.1) is 24.4 Å². The predicted octanol–water partition coefficient (Wildman–Crippen LogP) is 3.99. The number of rotatable bonds is 7. The topological polar surface area (TPSA) is 77.4 Å². The minimum absolute atomic E-state index is 0.00893. The summed E-state index contributed by atoms with van der Waals surface area (Å²) in [5, 5.41) is 0.712. The van der Waals surface area contributed by atoms with Crippen molar-refractivity contribution in [1.82, 2.24) is 19.9 Å². The normalized spacial score (nSPS) is 16.4. The van der Waals surface area contributed by atoms with Crippen molar-refractivity contribution in [3.63, 3.8) is 0 Å². The number of hydrogen-bond acceptors (Lipinski definition) is 7. The minimum Gasteiger partial charge on any atom is -0.475 e. The lowest BCUT2D eigenvalue weighted by molar-refractivity contribution is -0.137. The molecule has 9 heteroatoms. The SMILES string of the molecule is Cc1cc(OCC2CN(C(=O)CSc3ccnc4ccc(F)cc34)CCO2)nc(C(C)C)n1. The number of ether oxygens (including phenoxy) is 2. The minimum atomic E-state index is -0.320. The zero-order valence-electron chi connectivity index (χ0n) is 19.0. The van der Waals surface area contributed by atoms with Crippen molar-refractivity contribution in [3.05, 3.63) is 53.9 Å². The standard InChI is InChI=1S/C24H27FN4O3S/c1-15(2)24-27-16(3)10-22(28-24)32-13-18-12-29(8-9-31-18)23(30)14-33-21-6-7-26-20-5-4-17(25)11-19(20)21/h4-7,10-11,15,18H,8-9,12-14H2,1-3H3. The molecule has 1 unspecified atom stereocenters. The molecule has 1 aliphatic rings. The van der Waals surface area contributed by atoms with Gasteiger partial charge in [0.2, 0.25) is 11.8 Å². The van der Waals surface area contributed by atoms with E-state index >= 15 is 0 Å². The summed E-state index contributed by atoms with van der Waals surface area (Å²) in [5.41, 5.74) is 1.56. The van der Waals surface area contributed by atoms with Gasteiger partial charge in [-0.25, -0.2) is 9.37 Å². The van der Waals surface area contributed by atoms with E-state index in [1.54, 1.807) is 23.2 Å². The molecule has 1 aromatic carbocycles. The van der Waals surface area contributed by atoms with E-state index < -0.39 is 0 Å². The molecule has 2 aromatic heterocycles. The summed E-state index contributed by atoms with van der Waals surface area (Å²) in [6.45, 7) is 7.73. The zero-order valence-corrected chi connectivity index (χ0v) is 19.8. The van der Waals surface area contributed by atoms with Gasteiger partial charge in [-0.2, -0.15) is 4.98 Å². The van der Waals surface area contributed by atoms with Crippen LogP contribution in [0.2, 0.25) is 0 Å². The van der Waals surface area contributed by atoms with Crippen LogP contribution in [0.5, 0.6) is 5.88 Å². The number of halogens is 1. The Bertz CT molecular complexity index is 1140. The molecular formula is C24H27FN4O3S. The summed E-state index contributed by atoms with van der Waals surface area (Å²) in [6.07, 6.45) is 1.44. The third kappa shape index (κ3) is 5.97. The maximum Gasteiger partial charge on any atom is 0.233 e. The summed E-state index contributed by atoms with van der Waals surface area (Å²) >= 11 is 1.39. The number of fused-ring (bicyclic) bond motifs is 1. The molecular weight excluding hydrogens is 443 g/mol. The fraction of sp³-hybridized carbons (Fsp3) is 0.417. The summed E-state index contributed by atoms with van der Waals surface area (Å²) in [4.78, 5) is 28.6. The molecule has 0 saturated carbocycles. The van der Waals surface area contributed by atoms with Gasteiger partial charge in [-0.1, -0.05) is 13.8 Å². The summed E-state index contributed by atoms with van der Waals surface area (Å²) in [5.74, 6) is 1.41. The van der Waals surface area contributed by atoms with Crippen LogP contribution < -0.4 is 4.74 Å². The first-order valence-corrected chi connectivity index (χ1v) is 11.9. The molecule has 0 aliphatic carbocycles. The number of aromatic nitrogens is 3. The molecule has 174 valence electrons. The highest BCUT2D eigenvalue weighted by molar-refractivity contribution is 8.00. The lowest BCUT2D eigenvalue weighted by atomic mass is 10.2. The number of thioether (sulfide) groups is 1. The van der Waals surface area contributed by atoms with Gasteiger partial charge >= 0.3 is 0 Å². The zero-order chi connectivity index (χ0) is 23.4. The lowest BCUT2D eigenvalue weighted by Gasteiger charge is -2.32. The molecule has 1 fully saturated rings. The van der Waals surface area contributed by atoms with Crippen LogP contribution in [-0.2, 0) is 9.53 Å². The van der Waals surface area contributed by atoms with E-state index in [2.05, 4.69) is 15.0 Å². The van der Waals surface area contributed by atoms with E-state index in [4.69, 9.17) is 9.47 Å². The number of aryl methyl sites for hydroxylation is 1. The summed E-state index contributed by atoms with van der Waals surface area (Å²) < 4.78 is 25.4. The van der Waals surface area contributed by atoms with Crippen LogP contribution in [-0.4, -0.2) is 63.9 Å². The Morgan fingerprint density at radius 3 is 2.97 bits per heavy atom. The van der Waals surface area contributed by atoms with Crippen LogP contribution in [0.4, 0.5) is 4.39 Å². The largest absolute Gasteiger partial charge is 0.475 e. The van der Waals surface area contributed by atoms with Crippen LogP contribution in [0.25, 0.3) is 10.9 Å². The number of carbonyl (C=O) groups is 1. The molecule has 1 aliphatic heterocycles. The third-order valence-electron chi connectivity index (χ3n) is 5.29. The second-order valence-corrected chi connectivity index (χ2v) is 9.28. The van der Waals surface area contributed by atoms with Crippen LogP contribution in [0.3, 0.4) is 0 Å². The van der Waals surface area contributed by atoms with Gasteiger partial charge in [0.15, 0.2) is 0 Å². The van der Waals surface area contributed by atoms with Gasteiger partial charge in [-0.05, 0) is 31.2 Å². The highest BCUT2D eigenvalue weighted by Gasteiger charge is 2.25. The van der Waals surface area contributed by atoms with Gasteiger partial charge in [0, 0.05) is 40.7 Å². The first-order valence-electron chi connectivity index (χ1n) is 10.9. The van der Waals surface area contributed by atoms with Gasteiger partial charge < -0.3 is 14.4 Å². The Hall–Kier alpha value is -2.78. The quantitative estimate of drug-likeness (QED) is 0.483. The van der Waals surface area contributed by atoms with Crippen molar-refractivity contribution in [3.8, 4) is 5.88 Å². The van der Waals surface area contributed by atoms with E-state index in [-0.39, 0.29) is 29.5 Å². The van der Waals surface area contributed by atoms with E-state index in [9.17, 15) is 9.18 Å². The number of hydrogen-bond donors (Lipinski definition) is 0. The predicted molar refractivity (Wildman–Crippen MR) is 125 cm³/mol. The average Bonchev–Trinajstić information content (AvgIpc) is 2.81. The van der Waals surface area contributed by atoms with Crippen molar-refractivity contribution in [2.45, 2.75) is 37.7 Å². The Labute approximate surface area is 196 Å². The molecule has 4 rings (SSSR count). The molecule has 0 bridgehead atoms. The molecule has 3 aromatic rings. The van der Waals surface area contributed by atoms with Gasteiger partial charge in [0.1, 0.15) is 24.4 Å². The van der Waals surface area contributed by atoms with Crippen molar-refractivity contribution >= 4 is 28.6 Å². The average molecular weight is 471 g/mol. The van der Waals surface area contributed by atoms with Gasteiger partial charge in [-0.15, -0.1) is 11.8 Å². The van der Waals surface area contributed by atoms with Crippen LogP contribution in [0.15, 0.2) is 41.4 Å². The Balaban J connectivity index is 1.33. The molecule has 0 N–H and O–H groups in total. The first-order chi connectivity index (χ1) is 15.9. The fourth-order valence-corrected chi connectivity index (χ4v) is 4.51. The molecule has 1 atom stereocenters. The number of morpholine rings is 1. The lowest BCUT2D eigenvalue weighted by Crippen LogP contribution is -2.48. The highest BCUT2D eigenvalue weighted by Crippen LogP contribution is 2.27. The monoisotopic (exact) mass is 470 g/mol. The molecule has 3 heterocycles. The molecule has 0 radical (unpaired) electrons. The molecule has 1 saturated heterocycles. The number of amides is 1. The van der Waals surface area contributed by atoms with Gasteiger partial charge in [0.25, 0.3) is 0 Å². The fourth-order valence-electron chi connectivity index (χ4n) is 3.57. The summed E-state index contributed by atoms with van der Waals surface area (Å²) in [7, 11) is 0. The Morgan fingerprint density at radius 2 is 2.15 bits per heavy atom. The number of pyridine rings is 1. The van der Waals surface area contributed by atoms with Crippen molar-refractivity contribution in [1.29, 1.82) is 0 Å². The van der Waals surface area contributed by atoms with Crippen LogP contribution >= 0.6 is 11.8 Å². The Morgan fingerprint density at radius 1 is 1.30 bits per heavy atom. The van der Waals surface area contributed by atoms with Crippen molar-refractivity contribution in [2.75, 3.05) is 32.1 Å². The molecule has 33 heavy (non-hydrogen) atoms. The maximum atomic E-state index is 13.7. The van der Waals surface area contributed by atoms with E-state index in [0.29, 0.717) is 43.1 Å². The molecule has 0 spiro atoms. The van der Waals surface area contributed by atoms with E-state index in [1.165, 1.54) is 23.9 Å². The Kier molecular flexibility index (Phi) is 7.39. The second kappa shape index (κ2) is 10.4. The van der Waals surface area contributed by atoms with Crippen LogP contribution in [0, 0.1) is 12.7 Å². The van der Waals surface area contributed by atoms with E-state index in [1.807, 2.05) is 26.8 Å². The number of carbonyl (C=O) groups excluding carboxylic acids is 1. The smallest absolute Gasteiger partial charge is 0.233 e. The second-order valence-electron chi connectivity index (χ2n) is 8.26. The highest BCUT2D eigenvalue weighted by atomic mass is 32.2. The van der Waals surface area contributed by atoms with Crippen molar-refractivity contribution < 1.29 is 18.7 Å². The molecule has 1 amide bonds. The number of benzene rings is 1. The van der Waals surface area contributed by atoms with Crippen LogP contribution in [0.1, 0.15) is 31.3 Å². The number of nitrogens with zero attached hydrogens (tertiary/aromatic N) is 4. The first kappa shape index (κ1) is 23.4. The van der Waals surface area contributed by atoms with Crippen molar-refractivity contribution in [2.24, 2.45) is 0 Å². The summed E-state index contributed by atoms with van der Waals surface area (Å²) in [6, 6.07) is 8.10. The third-order valence-corrected chi connectivity index (χ3v) is 6.35. The van der Waals surface area contributed by atoms with E-state index in [0.717, 1.165) is 16.4 Å². The molecule has 7 nitrogen and oxygen atoms in total. The maximum absolute atomic E-state index is 13.7. The van der Waals surface area contributed by atoms with Gasteiger partial charge in [-0.3, -0.25) is 9.78 Å².